The molecular weight excluding hydrogens is 506 g/mol. The van der Waals surface area contributed by atoms with Crippen molar-refractivity contribution in [3.8, 4) is 11.3 Å². The molecule has 40 heavy (non-hydrogen) atoms. The van der Waals surface area contributed by atoms with Crippen molar-refractivity contribution in [2.45, 2.75) is 39.2 Å². The van der Waals surface area contributed by atoms with Gasteiger partial charge < -0.3 is 21.1 Å². The zero-order chi connectivity index (χ0) is 27.9. The molecule has 1 saturated carbocycles. The van der Waals surface area contributed by atoms with Crippen LogP contribution in [0.3, 0.4) is 0 Å². The third kappa shape index (κ3) is 6.88. The number of hydrogen-bond acceptors (Lipinski definition) is 7. The molecule has 10 nitrogen and oxygen atoms in total. The predicted molar refractivity (Wildman–Crippen MR) is 153 cm³/mol. The Morgan fingerprint density at radius 3 is 2.33 bits per heavy atom. The van der Waals surface area contributed by atoms with Crippen molar-refractivity contribution in [1.82, 2.24) is 30.6 Å². The van der Waals surface area contributed by atoms with Gasteiger partial charge in [0, 0.05) is 36.4 Å². The molecule has 3 aromatic heterocycles. The molecule has 4 aromatic rings. The number of hydrogen-bond donors (Lipinski definition) is 4. The van der Waals surface area contributed by atoms with Gasteiger partial charge in [-0.1, -0.05) is 18.2 Å². The number of carboxylic acid groups (broad SMARTS) is 1. The van der Waals surface area contributed by atoms with Gasteiger partial charge in [0.2, 0.25) is 0 Å². The Kier molecular flexibility index (Phi) is 8.44. The molecule has 0 saturated heterocycles. The second kappa shape index (κ2) is 12.5. The quantitative estimate of drug-likeness (QED) is 0.237. The zero-order valence-corrected chi connectivity index (χ0v) is 22.4. The van der Waals surface area contributed by atoms with Gasteiger partial charge in [0.05, 0.1) is 40.9 Å². The number of pyridine rings is 2. The smallest absolute Gasteiger partial charge is 0.404 e. The maximum atomic E-state index is 13.4. The summed E-state index contributed by atoms with van der Waals surface area (Å²) in [7, 11) is 0. The molecule has 5 rings (SSSR count). The molecule has 1 fully saturated rings. The van der Waals surface area contributed by atoms with Crippen molar-refractivity contribution in [3.05, 3.63) is 78.0 Å². The van der Waals surface area contributed by atoms with E-state index in [9.17, 15) is 9.59 Å². The number of carbonyl (C=O) groups excluding carboxylic acids is 1. The van der Waals surface area contributed by atoms with E-state index in [0.717, 1.165) is 53.5 Å². The fourth-order valence-electron chi connectivity index (χ4n) is 5.06. The molecule has 0 radical (unpaired) electrons. The van der Waals surface area contributed by atoms with Crippen LogP contribution in [0.5, 0.6) is 0 Å². The first-order valence-corrected chi connectivity index (χ1v) is 13.6. The third-order valence-corrected chi connectivity index (χ3v) is 7.36. The van der Waals surface area contributed by atoms with Crippen molar-refractivity contribution >= 4 is 28.7 Å². The molecular formula is C30H33N7O3. The van der Waals surface area contributed by atoms with Gasteiger partial charge in [-0.25, -0.2) is 14.8 Å². The number of aromatic nitrogens is 4. The third-order valence-electron chi connectivity index (χ3n) is 7.36. The highest BCUT2D eigenvalue weighted by atomic mass is 16.4. The lowest BCUT2D eigenvalue weighted by Crippen LogP contribution is -2.34. The lowest BCUT2D eigenvalue weighted by molar-refractivity contribution is 0.0942. The lowest BCUT2D eigenvalue weighted by Gasteiger charge is -2.28. The molecule has 10 heteroatoms. The van der Waals surface area contributed by atoms with E-state index in [4.69, 9.17) is 10.1 Å². The summed E-state index contributed by atoms with van der Waals surface area (Å²) >= 11 is 0. The number of rotatable bonds is 9. The fourth-order valence-corrected chi connectivity index (χ4v) is 5.06. The van der Waals surface area contributed by atoms with E-state index in [2.05, 4.69) is 30.9 Å². The van der Waals surface area contributed by atoms with Crippen LogP contribution in [0.15, 0.2) is 61.1 Å². The molecule has 0 spiro atoms. The summed E-state index contributed by atoms with van der Waals surface area (Å²) in [5.74, 6) is 1.33. The van der Waals surface area contributed by atoms with Crippen molar-refractivity contribution in [2.24, 2.45) is 11.8 Å². The second-order valence-corrected chi connectivity index (χ2v) is 10.3. The maximum Gasteiger partial charge on any atom is 0.404 e. The van der Waals surface area contributed by atoms with Crippen LogP contribution in [0.25, 0.3) is 22.2 Å². The van der Waals surface area contributed by atoms with Crippen LogP contribution in [0.1, 0.15) is 47.4 Å². The lowest BCUT2D eigenvalue weighted by atomic mass is 9.82. The number of amides is 2. The number of aryl methyl sites for hydroxylation is 1. The molecule has 2 amide bonds. The molecule has 4 N–H and O–H groups in total. The largest absolute Gasteiger partial charge is 0.465 e. The van der Waals surface area contributed by atoms with Gasteiger partial charge in [-0.05, 0) is 68.7 Å². The van der Waals surface area contributed by atoms with Crippen molar-refractivity contribution in [1.29, 1.82) is 0 Å². The molecule has 3 heterocycles. The Bertz CT molecular complexity index is 1470. The van der Waals surface area contributed by atoms with E-state index in [0.29, 0.717) is 48.5 Å². The average Bonchev–Trinajstić information content (AvgIpc) is 2.98. The van der Waals surface area contributed by atoms with E-state index < -0.39 is 6.09 Å². The number of nitrogens with zero attached hydrogens (tertiary/aromatic N) is 4. The van der Waals surface area contributed by atoms with E-state index in [1.165, 1.54) is 0 Å². The van der Waals surface area contributed by atoms with E-state index in [1.807, 2.05) is 49.4 Å². The fraction of sp³-hybridized carbons (Fsp3) is 0.333. The summed E-state index contributed by atoms with van der Waals surface area (Å²) in [5, 5.41) is 18.5. The average molecular weight is 540 g/mol. The highest BCUT2D eigenvalue weighted by Gasteiger charge is 2.23. The van der Waals surface area contributed by atoms with Crippen LogP contribution in [-0.2, 0) is 6.54 Å². The van der Waals surface area contributed by atoms with Gasteiger partial charge in [-0.15, -0.1) is 0 Å². The van der Waals surface area contributed by atoms with Crippen molar-refractivity contribution in [3.63, 3.8) is 0 Å². The monoisotopic (exact) mass is 539 g/mol. The Labute approximate surface area is 232 Å². The minimum atomic E-state index is -0.977. The van der Waals surface area contributed by atoms with Gasteiger partial charge in [-0.2, -0.15) is 0 Å². The molecule has 0 bridgehead atoms. The van der Waals surface area contributed by atoms with E-state index in [1.54, 1.807) is 18.6 Å². The highest BCUT2D eigenvalue weighted by Crippen LogP contribution is 2.29. The van der Waals surface area contributed by atoms with Crippen LogP contribution >= 0.6 is 0 Å². The van der Waals surface area contributed by atoms with Crippen molar-refractivity contribution in [2.75, 3.05) is 18.4 Å². The number of fused-ring (bicyclic) bond motifs is 1. The Morgan fingerprint density at radius 1 is 0.900 bits per heavy atom. The highest BCUT2D eigenvalue weighted by molar-refractivity contribution is 6.07. The topological polar surface area (TPSA) is 142 Å². The summed E-state index contributed by atoms with van der Waals surface area (Å²) in [5.41, 5.74) is 4.52. The van der Waals surface area contributed by atoms with Gasteiger partial charge in [0.1, 0.15) is 5.82 Å². The van der Waals surface area contributed by atoms with E-state index in [-0.39, 0.29) is 5.91 Å². The second-order valence-electron chi connectivity index (χ2n) is 10.3. The SMILES string of the molecule is Cc1cnc(CNc2ccc(-c3cc(C(=O)NC[C@H]4CC[C@H](CNC(=O)O)CC4)c4ccccc4n3)cn2)cn1. The first kappa shape index (κ1) is 27.0. The standard InChI is InChI=1S/C30H33N7O3/c1-19-13-32-23(17-31-19)18-34-28-11-10-22(16-33-28)27-12-25(24-4-2-3-5-26(24)37-27)29(38)35-14-20-6-8-21(9-7-20)15-36-30(39)40/h2-5,10-13,16-17,20-21,36H,6-9,14-15,18H2,1H3,(H,33,34)(H,35,38)(H,39,40)/t20-,21-. The van der Waals surface area contributed by atoms with Crippen LogP contribution < -0.4 is 16.0 Å². The Hall–Kier alpha value is -4.60. The Balaban J connectivity index is 1.24. The first-order valence-electron chi connectivity index (χ1n) is 13.6. The normalized spacial score (nSPS) is 16.8. The van der Waals surface area contributed by atoms with Gasteiger partial charge in [0.15, 0.2) is 0 Å². The summed E-state index contributed by atoms with van der Waals surface area (Å²) in [6.45, 7) is 3.50. The molecule has 1 aliphatic rings. The minimum Gasteiger partial charge on any atom is -0.465 e. The molecule has 1 aromatic carbocycles. The molecule has 0 aliphatic heterocycles. The predicted octanol–water partition coefficient (Wildman–Crippen LogP) is 4.81. The molecule has 206 valence electrons. The molecule has 1 aliphatic carbocycles. The van der Waals surface area contributed by atoms with Crippen LogP contribution in [0, 0.1) is 18.8 Å². The summed E-state index contributed by atoms with van der Waals surface area (Å²) < 4.78 is 0. The van der Waals surface area contributed by atoms with E-state index >= 15 is 0 Å². The van der Waals surface area contributed by atoms with Crippen LogP contribution in [0.2, 0.25) is 0 Å². The van der Waals surface area contributed by atoms with Gasteiger partial charge in [-0.3, -0.25) is 14.8 Å². The number of benzene rings is 1. The minimum absolute atomic E-state index is 0.125. The number of para-hydroxylation sites is 1. The van der Waals surface area contributed by atoms with Crippen molar-refractivity contribution < 1.29 is 14.7 Å². The number of anilines is 1. The molecule has 0 unspecified atom stereocenters. The maximum absolute atomic E-state index is 13.4. The number of nitrogens with one attached hydrogen (secondary N) is 3. The summed E-state index contributed by atoms with van der Waals surface area (Å²) in [6, 6.07) is 13.3. The zero-order valence-electron chi connectivity index (χ0n) is 22.4. The number of carbonyl (C=O) groups is 2. The first-order chi connectivity index (χ1) is 19.4. The Morgan fingerprint density at radius 2 is 1.65 bits per heavy atom. The summed E-state index contributed by atoms with van der Waals surface area (Å²) in [6.07, 6.45) is 8.11. The summed E-state index contributed by atoms with van der Waals surface area (Å²) in [4.78, 5) is 42.1. The van der Waals surface area contributed by atoms with Crippen LogP contribution in [0.4, 0.5) is 10.6 Å². The van der Waals surface area contributed by atoms with Crippen LogP contribution in [-0.4, -0.2) is 50.1 Å². The molecule has 0 atom stereocenters. The van der Waals surface area contributed by atoms with Gasteiger partial charge in [0.25, 0.3) is 5.91 Å². The van der Waals surface area contributed by atoms with Gasteiger partial charge >= 0.3 is 6.09 Å².